The Morgan fingerprint density at radius 2 is 2.24 bits per heavy atom. The Morgan fingerprint density at radius 1 is 1.38 bits per heavy atom. The summed E-state index contributed by atoms with van der Waals surface area (Å²) in [6.07, 6.45) is 4.96. The minimum Gasteiger partial charge on any atom is -0.377 e. The first kappa shape index (κ1) is 15.3. The van der Waals surface area contributed by atoms with Crippen LogP contribution in [0.1, 0.15) is 56.0 Å². The molecule has 3 rings (SSSR count). The van der Waals surface area contributed by atoms with Crippen LogP contribution in [0.2, 0.25) is 0 Å². The molecule has 2 aliphatic rings. The number of aromatic nitrogens is 1. The van der Waals surface area contributed by atoms with E-state index in [1.54, 1.807) is 0 Å². The highest BCUT2D eigenvalue weighted by atomic mass is 32.1. The summed E-state index contributed by atoms with van der Waals surface area (Å²) in [5, 5.41) is 4.77. The summed E-state index contributed by atoms with van der Waals surface area (Å²) in [5.41, 5.74) is 1.37. The highest BCUT2D eigenvalue weighted by Gasteiger charge is 2.32. The van der Waals surface area contributed by atoms with E-state index < -0.39 is 0 Å². The van der Waals surface area contributed by atoms with Crippen LogP contribution in [-0.4, -0.2) is 37.3 Å². The lowest BCUT2D eigenvalue weighted by atomic mass is 10.2. The van der Waals surface area contributed by atoms with E-state index in [0.717, 1.165) is 45.2 Å². The highest BCUT2D eigenvalue weighted by Crippen LogP contribution is 2.44. The van der Waals surface area contributed by atoms with Gasteiger partial charge in [0.15, 0.2) is 5.13 Å². The first-order valence-electron chi connectivity index (χ1n) is 8.38. The number of ether oxygens (including phenoxy) is 1. The van der Waals surface area contributed by atoms with Crippen LogP contribution in [0, 0.1) is 0 Å². The van der Waals surface area contributed by atoms with Gasteiger partial charge in [-0.05, 0) is 32.2 Å². The average molecular weight is 309 g/mol. The molecule has 2 fully saturated rings. The van der Waals surface area contributed by atoms with Crippen molar-refractivity contribution >= 4 is 16.5 Å². The lowest BCUT2D eigenvalue weighted by Gasteiger charge is -2.34. The Balaban J connectivity index is 1.76. The van der Waals surface area contributed by atoms with Crippen LogP contribution in [0.25, 0.3) is 0 Å². The van der Waals surface area contributed by atoms with Crippen LogP contribution in [-0.2, 0) is 11.3 Å². The second kappa shape index (κ2) is 7.07. The summed E-state index contributed by atoms with van der Waals surface area (Å²) in [6, 6.07) is 0.494. The van der Waals surface area contributed by atoms with Crippen LogP contribution >= 0.6 is 11.3 Å². The normalized spacial score (nSPS) is 22.8. The van der Waals surface area contributed by atoms with E-state index in [9.17, 15) is 0 Å². The van der Waals surface area contributed by atoms with E-state index in [0.29, 0.717) is 6.04 Å². The molecule has 118 valence electrons. The van der Waals surface area contributed by atoms with Crippen LogP contribution in [0.5, 0.6) is 0 Å². The third-order valence-corrected chi connectivity index (χ3v) is 5.45. The second-order valence-corrected chi connectivity index (χ2v) is 7.15. The van der Waals surface area contributed by atoms with Crippen molar-refractivity contribution in [2.24, 2.45) is 0 Å². The van der Waals surface area contributed by atoms with Crippen LogP contribution in [0.3, 0.4) is 0 Å². The molecule has 5 heteroatoms. The molecule has 0 spiro atoms. The molecular weight excluding hydrogens is 282 g/mol. The molecule has 1 saturated heterocycles. The molecule has 21 heavy (non-hydrogen) atoms. The molecule has 1 aromatic heterocycles. The zero-order valence-electron chi connectivity index (χ0n) is 13.2. The first-order chi connectivity index (χ1) is 10.3. The molecule has 4 nitrogen and oxygen atoms in total. The minimum absolute atomic E-state index is 0.494. The fourth-order valence-corrected chi connectivity index (χ4v) is 4.11. The molecule has 1 aliphatic heterocycles. The maximum Gasteiger partial charge on any atom is 0.186 e. The SMILES string of the molecule is CCCNCc1sc(N2CCOCC2CC)nc1C1CC1. The van der Waals surface area contributed by atoms with Gasteiger partial charge in [-0.3, -0.25) is 0 Å². The number of morpholine rings is 1. The standard InChI is InChI=1S/C16H27N3OS/c1-3-7-17-10-14-15(12-5-6-12)18-16(21-14)19-8-9-20-11-13(19)4-2/h12-13,17H,3-11H2,1-2H3. The molecule has 1 aliphatic carbocycles. The first-order valence-corrected chi connectivity index (χ1v) is 9.19. The number of hydrogen-bond acceptors (Lipinski definition) is 5. The summed E-state index contributed by atoms with van der Waals surface area (Å²) in [6.45, 7) is 9.19. The van der Waals surface area contributed by atoms with Gasteiger partial charge in [0.1, 0.15) is 0 Å². The van der Waals surface area contributed by atoms with Crippen molar-refractivity contribution in [3.8, 4) is 0 Å². The van der Waals surface area contributed by atoms with Gasteiger partial charge in [-0.25, -0.2) is 4.98 Å². The molecule has 2 heterocycles. The van der Waals surface area contributed by atoms with Crippen LogP contribution in [0.15, 0.2) is 0 Å². The molecule has 1 atom stereocenters. The van der Waals surface area contributed by atoms with Gasteiger partial charge in [0.05, 0.1) is 24.9 Å². The number of hydrogen-bond donors (Lipinski definition) is 1. The van der Waals surface area contributed by atoms with Crippen molar-refractivity contribution in [3.05, 3.63) is 10.6 Å². The van der Waals surface area contributed by atoms with Crippen LogP contribution < -0.4 is 10.2 Å². The van der Waals surface area contributed by atoms with E-state index in [2.05, 4.69) is 24.1 Å². The van der Waals surface area contributed by atoms with E-state index in [-0.39, 0.29) is 0 Å². The molecule has 0 radical (unpaired) electrons. The third-order valence-electron chi connectivity index (χ3n) is 4.34. The molecule has 0 aromatic carbocycles. The number of nitrogens with one attached hydrogen (secondary N) is 1. The summed E-state index contributed by atoms with van der Waals surface area (Å²) >= 11 is 1.90. The highest BCUT2D eigenvalue weighted by molar-refractivity contribution is 7.15. The third kappa shape index (κ3) is 3.58. The largest absolute Gasteiger partial charge is 0.377 e. The van der Waals surface area contributed by atoms with E-state index in [1.807, 2.05) is 11.3 Å². The maximum atomic E-state index is 5.62. The quantitative estimate of drug-likeness (QED) is 0.785. The van der Waals surface area contributed by atoms with Gasteiger partial charge in [-0.1, -0.05) is 13.8 Å². The summed E-state index contributed by atoms with van der Waals surface area (Å²) < 4.78 is 5.62. The summed E-state index contributed by atoms with van der Waals surface area (Å²) in [5.74, 6) is 0.731. The Morgan fingerprint density at radius 3 is 2.95 bits per heavy atom. The fourth-order valence-electron chi connectivity index (χ4n) is 2.90. The van der Waals surface area contributed by atoms with E-state index in [1.165, 1.54) is 35.0 Å². The van der Waals surface area contributed by atoms with Crippen molar-refractivity contribution in [1.82, 2.24) is 10.3 Å². The molecule has 0 amide bonds. The predicted octanol–water partition coefficient (Wildman–Crippen LogP) is 3.14. The molecular formula is C16H27N3OS. The smallest absolute Gasteiger partial charge is 0.186 e. The topological polar surface area (TPSA) is 37.4 Å². The number of thiazole rings is 1. The van der Waals surface area contributed by atoms with Crippen molar-refractivity contribution in [1.29, 1.82) is 0 Å². The second-order valence-electron chi connectivity index (χ2n) is 6.09. The van der Waals surface area contributed by atoms with Crippen molar-refractivity contribution in [2.45, 2.75) is 58.0 Å². The number of nitrogens with zero attached hydrogens (tertiary/aromatic N) is 2. The van der Waals surface area contributed by atoms with Gasteiger partial charge >= 0.3 is 0 Å². The van der Waals surface area contributed by atoms with Gasteiger partial charge in [-0.2, -0.15) is 0 Å². The predicted molar refractivity (Wildman–Crippen MR) is 88.3 cm³/mol. The Hall–Kier alpha value is -0.650. The summed E-state index contributed by atoms with van der Waals surface area (Å²) in [7, 11) is 0. The van der Waals surface area contributed by atoms with Crippen LogP contribution in [0.4, 0.5) is 5.13 Å². The van der Waals surface area contributed by atoms with Gasteiger partial charge < -0.3 is 15.0 Å². The lowest BCUT2D eigenvalue weighted by Crippen LogP contribution is -2.45. The van der Waals surface area contributed by atoms with E-state index >= 15 is 0 Å². The monoisotopic (exact) mass is 309 g/mol. The lowest BCUT2D eigenvalue weighted by molar-refractivity contribution is 0.0929. The Bertz CT molecular complexity index is 458. The zero-order chi connectivity index (χ0) is 14.7. The minimum atomic E-state index is 0.494. The maximum absolute atomic E-state index is 5.62. The number of rotatable bonds is 7. The molecule has 1 saturated carbocycles. The van der Waals surface area contributed by atoms with Gasteiger partial charge in [0, 0.05) is 23.9 Å². The zero-order valence-corrected chi connectivity index (χ0v) is 14.0. The Kier molecular flexibility index (Phi) is 5.14. The Labute approximate surface area is 131 Å². The van der Waals surface area contributed by atoms with Crippen molar-refractivity contribution in [2.75, 3.05) is 31.2 Å². The van der Waals surface area contributed by atoms with Gasteiger partial charge in [-0.15, -0.1) is 11.3 Å². The molecule has 0 bridgehead atoms. The van der Waals surface area contributed by atoms with Crippen molar-refractivity contribution in [3.63, 3.8) is 0 Å². The molecule has 1 aromatic rings. The average Bonchev–Trinajstić information content (AvgIpc) is 3.28. The number of anilines is 1. The van der Waals surface area contributed by atoms with Gasteiger partial charge in [0.2, 0.25) is 0 Å². The molecule has 1 unspecified atom stereocenters. The summed E-state index contributed by atoms with van der Waals surface area (Å²) in [4.78, 5) is 8.96. The fraction of sp³-hybridized carbons (Fsp3) is 0.812. The van der Waals surface area contributed by atoms with Crippen molar-refractivity contribution < 1.29 is 4.74 Å². The van der Waals surface area contributed by atoms with Gasteiger partial charge in [0.25, 0.3) is 0 Å². The van der Waals surface area contributed by atoms with E-state index in [4.69, 9.17) is 9.72 Å². The molecule has 1 N–H and O–H groups in total.